The highest BCUT2D eigenvalue weighted by atomic mass is 32.2. The maximum atomic E-state index is 11.3. The van der Waals surface area contributed by atoms with E-state index in [9.17, 15) is 13.2 Å². The molecule has 0 aromatic carbocycles. The lowest BCUT2D eigenvalue weighted by Gasteiger charge is -2.10. The van der Waals surface area contributed by atoms with Crippen LogP contribution < -0.4 is 0 Å². The predicted octanol–water partition coefficient (Wildman–Crippen LogP) is 0.764. The molecule has 1 atom stereocenters. The van der Waals surface area contributed by atoms with E-state index in [2.05, 4.69) is 0 Å². The van der Waals surface area contributed by atoms with Crippen molar-refractivity contribution >= 4 is 15.8 Å². The largest absolute Gasteiger partial charge is 0.466 e. The zero-order valence-electron chi connectivity index (χ0n) is 8.36. The van der Waals surface area contributed by atoms with Crippen LogP contribution in [0.2, 0.25) is 0 Å². The van der Waals surface area contributed by atoms with Crippen molar-refractivity contribution in [2.24, 2.45) is 5.92 Å². The molecule has 0 aromatic rings. The molecule has 1 rings (SSSR count). The van der Waals surface area contributed by atoms with Crippen LogP contribution in [-0.2, 0) is 19.4 Å². The summed E-state index contributed by atoms with van der Waals surface area (Å²) in [5.74, 6) is -0.129. The highest BCUT2D eigenvalue weighted by Crippen LogP contribution is 2.19. The number of hydrogen-bond donors (Lipinski definition) is 0. The Bertz CT molecular complexity index is 294. The van der Waals surface area contributed by atoms with Gasteiger partial charge in [0.25, 0.3) is 0 Å². The molecule has 0 bridgehead atoms. The molecule has 5 heteroatoms. The van der Waals surface area contributed by atoms with Crippen molar-refractivity contribution in [2.45, 2.75) is 26.2 Å². The normalized spacial score (nSPS) is 26.5. The van der Waals surface area contributed by atoms with E-state index in [1.807, 2.05) is 0 Å². The maximum Gasteiger partial charge on any atom is 0.308 e. The van der Waals surface area contributed by atoms with E-state index >= 15 is 0 Å². The lowest BCUT2D eigenvalue weighted by atomic mass is 10.0. The lowest BCUT2D eigenvalue weighted by molar-refractivity contribution is -0.148. The van der Waals surface area contributed by atoms with Gasteiger partial charge in [0.15, 0.2) is 0 Å². The van der Waals surface area contributed by atoms with Gasteiger partial charge < -0.3 is 4.74 Å². The van der Waals surface area contributed by atoms with Crippen LogP contribution in [-0.4, -0.2) is 32.5 Å². The number of sulfone groups is 1. The third-order valence-corrected chi connectivity index (χ3v) is 4.17. The van der Waals surface area contributed by atoms with Crippen LogP contribution in [0.25, 0.3) is 0 Å². The number of rotatable bonds is 2. The Labute approximate surface area is 84.6 Å². The van der Waals surface area contributed by atoms with Gasteiger partial charge >= 0.3 is 5.97 Å². The molecule has 1 saturated heterocycles. The monoisotopic (exact) mass is 220 g/mol. The quantitative estimate of drug-likeness (QED) is 0.645. The molecule has 0 amide bonds. The fourth-order valence-corrected chi connectivity index (χ4v) is 3.07. The molecule has 0 radical (unpaired) electrons. The van der Waals surface area contributed by atoms with Gasteiger partial charge in [-0.15, -0.1) is 0 Å². The van der Waals surface area contributed by atoms with E-state index in [0.29, 0.717) is 25.9 Å². The number of esters is 1. The Morgan fingerprint density at radius 3 is 2.71 bits per heavy atom. The SMILES string of the molecule is CCOC(=O)[C@@H]1CCCS(=O)(=O)CC1. The molecule has 0 unspecified atom stereocenters. The molecule has 4 nitrogen and oxygen atoms in total. The van der Waals surface area contributed by atoms with Crippen LogP contribution in [0.1, 0.15) is 26.2 Å². The summed E-state index contributed by atoms with van der Waals surface area (Å²) in [6.07, 6.45) is 1.63. The second kappa shape index (κ2) is 4.77. The average molecular weight is 220 g/mol. The first-order chi connectivity index (χ1) is 6.55. The van der Waals surface area contributed by atoms with Crippen molar-refractivity contribution in [3.63, 3.8) is 0 Å². The minimum Gasteiger partial charge on any atom is -0.466 e. The number of hydrogen-bond acceptors (Lipinski definition) is 4. The van der Waals surface area contributed by atoms with E-state index < -0.39 is 9.84 Å². The van der Waals surface area contributed by atoms with Crippen LogP contribution >= 0.6 is 0 Å². The van der Waals surface area contributed by atoms with Gasteiger partial charge in [0.05, 0.1) is 24.0 Å². The van der Waals surface area contributed by atoms with Crippen molar-refractivity contribution in [3.05, 3.63) is 0 Å². The Kier molecular flexibility index (Phi) is 3.92. The van der Waals surface area contributed by atoms with Gasteiger partial charge in [0.1, 0.15) is 9.84 Å². The van der Waals surface area contributed by atoms with Gasteiger partial charge in [0, 0.05) is 0 Å². The van der Waals surface area contributed by atoms with Gasteiger partial charge in [-0.3, -0.25) is 4.79 Å². The zero-order chi connectivity index (χ0) is 10.6. The second-order valence-corrected chi connectivity index (χ2v) is 5.84. The first-order valence-electron chi connectivity index (χ1n) is 4.92. The molecule has 1 aliphatic rings. The first-order valence-corrected chi connectivity index (χ1v) is 6.74. The molecule has 1 aliphatic heterocycles. The van der Waals surface area contributed by atoms with Gasteiger partial charge in [-0.1, -0.05) is 0 Å². The smallest absolute Gasteiger partial charge is 0.308 e. The highest BCUT2D eigenvalue weighted by Gasteiger charge is 2.26. The number of carbonyl (C=O) groups excluding carboxylic acids is 1. The highest BCUT2D eigenvalue weighted by molar-refractivity contribution is 7.91. The Hall–Kier alpha value is -0.580. The summed E-state index contributed by atoms with van der Waals surface area (Å²) in [7, 11) is -2.91. The molecule has 0 aromatic heterocycles. The Balaban J connectivity index is 2.54. The van der Waals surface area contributed by atoms with Gasteiger partial charge in [-0.2, -0.15) is 0 Å². The van der Waals surface area contributed by atoms with Crippen molar-refractivity contribution in [3.8, 4) is 0 Å². The summed E-state index contributed by atoms with van der Waals surface area (Å²) in [4.78, 5) is 11.3. The summed E-state index contributed by atoms with van der Waals surface area (Å²) < 4.78 is 27.4. The fourth-order valence-electron chi connectivity index (χ4n) is 1.61. The van der Waals surface area contributed by atoms with Crippen molar-refractivity contribution < 1.29 is 17.9 Å². The van der Waals surface area contributed by atoms with Crippen LogP contribution in [0.15, 0.2) is 0 Å². The molecule has 82 valence electrons. The standard InChI is InChI=1S/C9H16O4S/c1-2-13-9(10)8-4-3-6-14(11,12)7-5-8/h8H,2-7H2,1H3/t8-/m1/s1. The minimum atomic E-state index is -2.91. The third-order valence-electron chi connectivity index (χ3n) is 2.41. The first kappa shape index (κ1) is 11.5. The average Bonchev–Trinajstić information content (AvgIpc) is 2.27. The van der Waals surface area contributed by atoms with Gasteiger partial charge in [-0.25, -0.2) is 8.42 Å². The molecule has 0 spiro atoms. The third kappa shape index (κ3) is 3.29. The molecular weight excluding hydrogens is 204 g/mol. The van der Waals surface area contributed by atoms with E-state index in [4.69, 9.17) is 4.74 Å². The fraction of sp³-hybridized carbons (Fsp3) is 0.889. The van der Waals surface area contributed by atoms with E-state index in [-0.39, 0.29) is 23.4 Å². The van der Waals surface area contributed by atoms with E-state index in [1.54, 1.807) is 6.92 Å². The summed E-state index contributed by atoms with van der Waals surface area (Å²) in [6, 6.07) is 0. The molecule has 1 fully saturated rings. The summed E-state index contributed by atoms with van der Waals surface area (Å²) in [6.45, 7) is 2.12. The molecule has 1 heterocycles. The number of ether oxygens (including phenoxy) is 1. The molecule has 14 heavy (non-hydrogen) atoms. The molecule has 0 saturated carbocycles. The summed E-state index contributed by atoms with van der Waals surface area (Å²) in [5, 5.41) is 0. The van der Waals surface area contributed by atoms with Crippen LogP contribution in [0, 0.1) is 5.92 Å². The predicted molar refractivity (Wildman–Crippen MR) is 52.6 cm³/mol. The van der Waals surface area contributed by atoms with E-state index in [0.717, 1.165) is 0 Å². The molecule has 0 aliphatic carbocycles. The minimum absolute atomic E-state index is 0.122. The van der Waals surface area contributed by atoms with Gasteiger partial charge in [0.2, 0.25) is 0 Å². The van der Waals surface area contributed by atoms with Crippen molar-refractivity contribution in [1.82, 2.24) is 0 Å². The zero-order valence-corrected chi connectivity index (χ0v) is 9.18. The maximum absolute atomic E-state index is 11.3. The number of carbonyl (C=O) groups is 1. The van der Waals surface area contributed by atoms with Crippen LogP contribution in [0.3, 0.4) is 0 Å². The lowest BCUT2D eigenvalue weighted by Crippen LogP contribution is -2.18. The van der Waals surface area contributed by atoms with E-state index in [1.165, 1.54) is 0 Å². The van der Waals surface area contributed by atoms with Crippen molar-refractivity contribution in [2.75, 3.05) is 18.1 Å². The second-order valence-electron chi connectivity index (χ2n) is 3.53. The molecular formula is C9H16O4S. The Morgan fingerprint density at radius 2 is 2.07 bits per heavy atom. The Morgan fingerprint density at radius 1 is 1.36 bits per heavy atom. The molecule has 0 N–H and O–H groups in total. The topological polar surface area (TPSA) is 60.4 Å². The summed E-state index contributed by atoms with van der Waals surface area (Å²) in [5.41, 5.74) is 0. The summed E-state index contributed by atoms with van der Waals surface area (Å²) >= 11 is 0. The van der Waals surface area contributed by atoms with Crippen molar-refractivity contribution in [1.29, 1.82) is 0 Å². The van der Waals surface area contributed by atoms with Gasteiger partial charge in [-0.05, 0) is 26.2 Å². The van der Waals surface area contributed by atoms with Crippen LogP contribution in [0.5, 0.6) is 0 Å². The van der Waals surface area contributed by atoms with Crippen LogP contribution in [0.4, 0.5) is 0 Å².